The summed E-state index contributed by atoms with van der Waals surface area (Å²) >= 11 is 0. The number of aromatic nitrogens is 7. The summed E-state index contributed by atoms with van der Waals surface area (Å²) in [5.74, 6) is 0.727. The van der Waals surface area contributed by atoms with Crippen LogP contribution in [0.15, 0.2) is 101 Å². The average Bonchev–Trinajstić information content (AvgIpc) is 3.77. The Bertz CT molecular complexity index is 1890. The molecule has 0 aliphatic carbocycles. The Labute approximate surface area is 239 Å². The monoisotopic (exact) mass is 563 g/mol. The third-order valence-electron chi connectivity index (χ3n) is 6.34. The van der Waals surface area contributed by atoms with Gasteiger partial charge in [0, 0.05) is 43.8 Å². The van der Waals surface area contributed by atoms with Gasteiger partial charge in [-0.2, -0.15) is 10.2 Å². The minimum atomic E-state index is -0.460. The third kappa shape index (κ3) is 5.79. The number of hydrogen-bond acceptors (Lipinski definition) is 9. The first-order valence-corrected chi connectivity index (χ1v) is 12.8. The maximum Gasteiger partial charge on any atom is 0.279 e. The fourth-order valence-electron chi connectivity index (χ4n) is 4.22. The number of nitrogens with one attached hydrogen (secondary N) is 2. The van der Waals surface area contributed by atoms with Crippen LogP contribution in [0, 0.1) is 0 Å². The van der Waals surface area contributed by atoms with E-state index in [0.717, 1.165) is 16.7 Å². The Morgan fingerprint density at radius 3 is 2.33 bits per heavy atom. The van der Waals surface area contributed by atoms with E-state index in [1.807, 2.05) is 37.5 Å². The Hall–Kier alpha value is -5.98. The van der Waals surface area contributed by atoms with Gasteiger partial charge >= 0.3 is 0 Å². The summed E-state index contributed by atoms with van der Waals surface area (Å²) in [5.41, 5.74) is 3.46. The van der Waals surface area contributed by atoms with Gasteiger partial charge in [-0.05, 0) is 40.5 Å². The predicted octanol–water partition coefficient (Wildman–Crippen LogP) is 4.20. The Morgan fingerprint density at radius 1 is 0.905 bits per heavy atom. The molecule has 210 valence electrons. The molecule has 1 amide bonds. The molecule has 0 saturated carbocycles. The lowest BCUT2D eigenvalue weighted by atomic mass is 10.1. The fraction of sp³-hybridized carbons (Fsp3) is 0.103. The molecule has 0 fully saturated rings. The summed E-state index contributed by atoms with van der Waals surface area (Å²) in [4.78, 5) is 30.9. The molecule has 4 aromatic heterocycles. The smallest absolute Gasteiger partial charge is 0.279 e. The molecule has 0 bridgehead atoms. The van der Waals surface area contributed by atoms with Gasteiger partial charge in [0.1, 0.15) is 17.7 Å². The van der Waals surface area contributed by atoms with Crippen molar-refractivity contribution < 1.29 is 14.1 Å². The maximum atomic E-state index is 13.7. The Morgan fingerprint density at radius 2 is 1.67 bits per heavy atom. The van der Waals surface area contributed by atoms with Crippen LogP contribution in [0.1, 0.15) is 15.9 Å². The Kier molecular flexibility index (Phi) is 7.03. The SMILES string of the molecule is Cn1cc(C(=O)Nc2cnc(Nc3ccc(Oc4ccon4)cc3)n(Cc3ccc(-c4cnn(C)c4)cc3)c2=O)cn1. The summed E-state index contributed by atoms with van der Waals surface area (Å²) < 4.78 is 15.1. The van der Waals surface area contributed by atoms with Crippen molar-refractivity contribution in [2.45, 2.75) is 6.54 Å². The van der Waals surface area contributed by atoms with Crippen molar-refractivity contribution in [3.63, 3.8) is 0 Å². The second-order valence-electron chi connectivity index (χ2n) is 9.43. The van der Waals surface area contributed by atoms with Crippen LogP contribution in [0.25, 0.3) is 11.1 Å². The highest BCUT2D eigenvalue weighted by atomic mass is 16.5. The molecule has 42 heavy (non-hydrogen) atoms. The van der Waals surface area contributed by atoms with Gasteiger partial charge in [-0.15, -0.1) is 0 Å². The molecule has 13 nitrogen and oxygen atoms in total. The molecule has 6 rings (SSSR count). The number of anilines is 3. The van der Waals surface area contributed by atoms with Crippen molar-refractivity contribution >= 4 is 23.2 Å². The second kappa shape index (κ2) is 11.3. The van der Waals surface area contributed by atoms with Crippen molar-refractivity contribution in [1.29, 1.82) is 0 Å². The number of benzene rings is 2. The lowest BCUT2D eigenvalue weighted by molar-refractivity contribution is 0.102. The molecule has 0 atom stereocenters. The summed E-state index contributed by atoms with van der Waals surface area (Å²) in [6.45, 7) is 0.200. The minimum Gasteiger partial charge on any atom is -0.436 e. The number of rotatable bonds is 9. The van der Waals surface area contributed by atoms with Crippen molar-refractivity contribution in [3.05, 3.63) is 113 Å². The van der Waals surface area contributed by atoms with Gasteiger partial charge in [0.2, 0.25) is 5.95 Å². The second-order valence-corrected chi connectivity index (χ2v) is 9.43. The molecule has 0 radical (unpaired) electrons. The molecule has 2 N–H and O–H groups in total. The van der Waals surface area contributed by atoms with E-state index in [-0.39, 0.29) is 12.2 Å². The summed E-state index contributed by atoms with van der Waals surface area (Å²) in [5, 5.41) is 17.8. The fourth-order valence-corrected chi connectivity index (χ4v) is 4.22. The first kappa shape index (κ1) is 26.3. The number of carbonyl (C=O) groups is 1. The molecular formula is C29H25N9O4. The van der Waals surface area contributed by atoms with Gasteiger partial charge in [0.25, 0.3) is 17.3 Å². The lowest BCUT2D eigenvalue weighted by Crippen LogP contribution is -2.28. The molecule has 6 aromatic rings. The van der Waals surface area contributed by atoms with E-state index in [2.05, 4.69) is 31.0 Å². The molecule has 2 aromatic carbocycles. The van der Waals surface area contributed by atoms with E-state index in [1.165, 1.54) is 27.9 Å². The van der Waals surface area contributed by atoms with E-state index >= 15 is 0 Å². The van der Waals surface area contributed by atoms with Crippen LogP contribution in [0.4, 0.5) is 17.3 Å². The molecule has 0 saturated heterocycles. The molecule has 0 aliphatic heterocycles. The first-order chi connectivity index (χ1) is 20.4. The van der Waals surface area contributed by atoms with Crippen LogP contribution in [0.3, 0.4) is 0 Å². The molecule has 13 heteroatoms. The predicted molar refractivity (Wildman–Crippen MR) is 154 cm³/mol. The zero-order valence-corrected chi connectivity index (χ0v) is 22.6. The van der Waals surface area contributed by atoms with E-state index in [4.69, 9.17) is 9.26 Å². The molecule has 4 heterocycles. The van der Waals surface area contributed by atoms with E-state index in [9.17, 15) is 9.59 Å². The molecule has 0 aliphatic rings. The van der Waals surface area contributed by atoms with Crippen LogP contribution in [-0.4, -0.2) is 40.2 Å². The zero-order chi connectivity index (χ0) is 29.1. The topological polar surface area (TPSA) is 147 Å². The standard InChI is InChI=1S/C29H25N9O4/c1-36-17-21(13-31-36)20-5-3-19(4-6-20)16-38-28(40)25(34-27(39)22-14-32-37(2)18-22)15-30-29(38)33-23-7-9-24(10-8-23)42-26-11-12-41-35-26/h3-15,17-18H,16H2,1-2H3,(H,30,33)(H,34,39). The highest BCUT2D eigenvalue weighted by Gasteiger charge is 2.16. The highest BCUT2D eigenvalue weighted by molar-refractivity contribution is 6.03. The number of amides is 1. The van der Waals surface area contributed by atoms with Crippen LogP contribution >= 0.6 is 0 Å². The van der Waals surface area contributed by atoms with E-state index in [1.54, 1.807) is 54.5 Å². The maximum absolute atomic E-state index is 13.7. The van der Waals surface area contributed by atoms with Crippen molar-refractivity contribution in [1.82, 2.24) is 34.3 Å². The van der Waals surface area contributed by atoms with Crippen LogP contribution in [-0.2, 0) is 20.6 Å². The van der Waals surface area contributed by atoms with Gasteiger partial charge in [0.15, 0.2) is 0 Å². The van der Waals surface area contributed by atoms with Crippen molar-refractivity contribution in [2.24, 2.45) is 14.1 Å². The van der Waals surface area contributed by atoms with Crippen molar-refractivity contribution in [3.8, 4) is 22.8 Å². The normalized spacial score (nSPS) is 10.9. The summed E-state index contributed by atoms with van der Waals surface area (Å²) in [6.07, 6.45) is 9.48. The van der Waals surface area contributed by atoms with Gasteiger partial charge in [0.05, 0.1) is 30.7 Å². The number of nitrogens with zero attached hydrogens (tertiary/aromatic N) is 7. The van der Waals surface area contributed by atoms with Crippen LogP contribution in [0.5, 0.6) is 11.6 Å². The number of ether oxygens (including phenoxy) is 1. The lowest BCUT2D eigenvalue weighted by Gasteiger charge is -2.16. The largest absolute Gasteiger partial charge is 0.436 e. The number of hydrogen-bond donors (Lipinski definition) is 2. The third-order valence-corrected chi connectivity index (χ3v) is 6.34. The van der Waals surface area contributed by atoms with E-state index in [0.29, 0.717) is 28.8 Å². The summed E-state index contributed by atoms with van der Waals surface area (Å²) in [6, 6.07) is 16.5. The number of aryl methyl sites for hydroxylation is 2. The molecule has 0 unspecified atom stereocenters. The summed E-state index contributed by atoms with van der Waals surface area (Å²) in [7, 11) is 3.57. The van der Waals surface area contributed by atoms with Gasteiger partial charge in [-0.3, -0.25) is 23.5 Å². The van der Waals surface area contributed by atoms with Gasteiger partial charge in [-0.1, -0.05) is 24.3 Å². The zero-order valence-electron chi connectivity index (χ0n) is 22.6. The van der Waals surface area contributed by atoms with Crippen LogP contribution in [0.2, 0.25) is 0 Å². The molecular weight excluding hydrogens is 538 g/mol. The average molecular weight is 564 g/mol. The molecule has 0 spiro atoms. The van der Waals surface area contributed by atoms with Gasteiger partial charge < -0.3 is 19.9 Å². The number of carbonyl (C=O) groups excluding carboxylic acids is 1. The van der Waals surface area contributed by atoms with E-state index < -0.39 is 11.5 Å². The minimum absolute atomic E-state index is 0.0396. The van der Waals surface area contributed by atoms with Crippen molar-refractivity contribution in [2.75, 3.05) is 10.6 Å². The Balaban J connectivity index is 1.28. The van der Waals surface area contributed by atoms with Crippen LogP contribution < -0.4 is 20.9 Å². The first-order valence-electron chi connectivity index (χ1n) is 12.8. The highest BCUT2D eigenvalue weighted by Crippen LogP contribution is 2.24. The quantitative estimate of drug-likeness (QED) is 0.264. The van der Waals surface area contributed by atoms with Gasteiger partial charge in [-0.25, -0.2) is 4.98 Å².